The van der Waals surface area contributed by atoms with Gasteiger partial charge in [-0.2, -0.15) is 0 Å². The number of anilines is 1. The van der Waals surface area contributed by atoms with Crippen molar-refractivity contribution >= 4 is 46.2 Å². The molecule has 0 atom stereocenters. The second-order valence-corrected chi connectivity index (χ2v) is 5.93. The van der Waals surface area contributed by atoms with Crippen LogP contribution in [0.2, 0.25) is 5.02 Å². The van der Waals surface area contributed by atoms with Gasteiger partial charge < -0.3 is 10.6 Å². The van der Waals surface area contributed by atoms with E-state index in [-0.39, 0.29) is 28.8 Å². The maximum Gasteiger partial charge on any atom is 0.292 e. The molecule has 6 nitrogen and oxygen atoms in total. The Morgan fingerprint density at radius 2 is 1.92 bits per heavy atom. The van der Waals surface area contributed by atoms with Crippen LogP contribution in [0.5, 0.6) is 0 Å². The summed E-state index contributed by atoms with van der Waals surface area (Å²) in [5, 5.41) is 16.8. The summed E-state index contributed by atoms with van der Waals surface area (Å²) in [7, 11) is 0. The zero-order chi connectivity index (χ0) is 17.7. The number of nitrogens with one attached hydrogen (secondary N) is 2. The summed E-state index contributed by atoms with van der Waals surface area (Å²) < 4.78 is 0. The predicted molar refractivity (Wildman–Crippen MR) is 97.4 cm³/mol. The smallest absolute Gasteiger partial charge is 0.292 e. The molecular weight excluding hydrogens is 350 g/mol. The second kappa shape index (κ2) is 7.85. The molecule has 0 aliphatic heterocycles. The van der Waals surface area contributed by atoms with Crippen LogP contribution in [0.25, 0.3) is 0 Å². The summed E-state index contributed by atoms with van der Waals surface area (Å²) >= 11 is 10.8. The fourth-order valence-corrected chi connectivity index (χ4v) is 2.36. The van der Waals surface area contributed by atoms with E-state index in [2.05, 4.69) is 10.6 Å². The highest BCUT2D eigenvalue weighted by molar-refractivity contribution is 7.80. The molecule has 2 aromatic rings. The molecule has 0 heterocycles. The van der Waals surface area contributed by atoms with E-state index in [9.17, 15) is 14.9 Å². The van der Waals surface area contributed by atoms with Gasteiger partial charge in [-0.05, 0) is 48.5 Å². The van der Waals surface area contributed by atoms with Crippen molar-refractivity contribution in [2.45, 2.75) is 13.3 Å². The molecule has 0 radical (unpaired) electrons. The van der Waals surface area contributed by atoms with Gasteiger partial charge in [-0.25, -0.2) is 0 Å². The topological polar surface area (TPSA) is 84.3 Å². The lowest BCUT2D eigenvalue weighted by Gasteiger charge is -2.10. The van der Waals surface area contributed by atoms with Crippen molar-refractivity contribution in [1.29, 1.82) is 0 Å². The summed E-state index contributed by atoms with van der Waals surface area (Å²) in [6.07, 6.45) is 0.120. The molecule has 0 saturated heterocycles. The predicted octanol–water partition coefficient (Wildman–Crippen LogP) is 3.61. The lowest BCUT2D eigenvalue weighted by Crippen LogP contribution is -2.35. The van der Waals surface area contributed by atoms with Gasteiger partial charge in [-0.3, -0.25) is 14.9 Å². The van der Waals surface area contributed by atoms with Crippen molar-refractivity contribution in [3.8, 4) is 0 Å². The number of thiocarbonyl (C=S) groups is 1. The quantitative estimate of drug-likeness (QED) is 0.492. The SMILES string of the molecule is Cc1ccc(NC(=S)NC(=O)Cc2ccc(Cl)cc2)c([N+](=O)[O-])c1. The number of nitro groups is 1. The van der Waals surface area contributed by atoms with Crippen molar-refractivity contribution in [2.24, 2.45) is 0 Å². The van der Waals surface area contributed by atoms with E-state index in [4.69, 9.17) is 23.8 Å². The van der Waals surface area contributed by atoms with Gasteiger partial charge in [-0.15, -0.1) is 0 Å². The first kappa shape index (κ1) is 17.8. The molecule has 8 heteroatoms. The first-order chi connectivity index (χ1) is 11.3. The van der Waals surface area contributed by atoms with Crippen LogP contribution in [0.15, 0.2) is 42.5 Å². The highest BCUT2D eigenvalue weighted by atomic mass is 35.5. The van der Waals surface area contributed by atoms with Crippen LogP contribution < -0.4 is 10.6 Å². The maximum atomic E-state index is 12.0. The Bertz CT molecular complexity index is 794. The molecule has 0 unspecified atom stereocenters. The molecule has 0 bridgehead atoms. The van der Waals surface area contributed by atoms with Gasteiger partial charge in [-0.1, -0.05) is 29.8 Å². The van der Waals surface area contributed by atoms with Gasteiger partial charge in [0, 0.05) is 11.1 Å². The van der Waals surface area contributed by atoms with Crippen LogP contribution >= 0.6 is 23.8 Å². The number of hydrogen-bond donors (Lipinski definition) is 2. The second-order valence-electron chi connectivity index (χ2n) is 5.08. The Kier molecular flexibility index (Phi) is 5.83. The molecule has 0 saturated carbocycles. The minimum Gasteiger partial charge on any atom is -0.327 e. The lowest BCUT2D eigenvalue weighted by molar-refractivity contribution is -0.383. The van der Waals surface area contributed by atoms with E-state index in [1.54, 1.807) is 43.3 Å². The average Bonchev–Trinajstić information content (AvgIpc) is 2.51. The summed E-state index contributed by atoms with van der Waals surface area (Å²) in [5.41, 5.74) is 1.65. The molecule has 1 amide bonds. The summed E-state index contributed by atoms with van der Waals surface area (Å²) in [4.78, 5) is 22.5. The fraction of sp³-hybridized carbons (Fsp3) is 0.125. The van der Waals surface area contributed by atoms with Crippen LogP contribution in [0.3, 0.4) is 0 Å². The molecule has 2 rings (SSSR count). The fourth-order valence-electron chi connectivity index (χ4n) is 2.01. The number of rotatable bonds is 4. The van der Waals surface area contributed by atoms with Gasteiger partial charge in [0.1, 0.15) is 5.69 Å². The highest BCUT2D eigenvalue weighted by Gasteiger charge is 2.15. The summed E-state index contributed by atoms with van der Waals surface area (Å²) in [6, 6.07) is 11.6. The number of carbonyl (C=O) groups excluding carboxylic acids is 1. The van der Waals surface area contributed by atoms with E-state index < -0.39 is 4.92 Å². The number of benzene rings is 2. The Labute approximate surface area is 149 Å². The number of halogens is 1. The summed E-state index contributed by atoms with van der Waals surface area (Å²) in [5.74, 6) is -0.329. The molecule has 24 heavy (non-hydrogen) atoms. The van der Waals surface area contributed by atoms with Gasteiger partial charge in [0.2, 0.25) is 5.91 Å². The molecule has 0 spiro atoms. The van der Waals surface area contributed by atoms with Crippen molar-refractivity contribution in [3.05, 3.63) is 68.7 Å². The highest BCUT2D eigenvalue weighted by Crippen LogP contribution is 2.25. The monoisotopic (exact) mass is 363 g/mol. The van der Waals surface area contributed by atoms with Crippen molar-refractivity contribution in [1.82, 2.24) is 5.32 Å². The molecule has 0 aromatic heterocycles. The van der Waals surface area contributed by atoms with Gasteiger partial charge in [0.25, 0.3) is 5.69 Å². The van der Waals surface area contributed by atoms with Crippen LogP contribution in [0, 0.1) is 17.0 Å². The molecule has 2 aromatic carbocycles. The zero-order valence-electron chi connectivity index (χ0n) is 12.7. The van der Waals surface area contributed by atoms with E-state index in [0.717, 1.165) is 11.1 Å². The van der Waals surface area contributed by atoms with Crippen molar-refractivity contribution in [2.75, 3.05) is 5.32 Å². The Morgan fingerprint density at radius 1 is 1.25 bits per heavy atom. The molecule has 2 N–H and O–H groups in total. The van der Waals surface area contributed by atoms with Crippen LogP contribution in [0.4, 0.5) is 11.4 Å². The third-order valence-corrected chi connectivity index (χ3v) is 3.59. The zero-order valence-corrected chi connectivity index (χ0v) is 14.3. The first-order valence-electron chi connectivity index (χ1n) is 6.95. The number of hydrogen-bond acceptors (Lipinski definition) is 4. The minimum atomic E-state index is -0.506. The number of nitrogens with zero attached hydrogens (tertiary/aromatic N) is 1. The third-order valence-electron chi connectivity index (χ3n) is 3.13. The van der Waals surface area contributed by atoms with Gasteiger partial charge >= 0.3 is 0 Å². The lowest BCUT2D eigenvalue weighted by atomic mass is 10.1. The Balaban J connectivity index is 1.99. The van der Waals surface area contributed by atoms with Gasteiger partial charge in [0.15, 0.2) is 5.11 Å². The number of nitro benzene ring substituents is 1. The normalized spacial score (nSPS) is 10.1. The molecule has 0 aliphatic carbocycles. The molecule has 0 aliphatic rings. The van der Waals surface area contributed by atoms with Crippen molar-refractivity contribution < 1.29 is 9.72 Å². The minimum absolute atomic E-state index is 0.000849. The maximum absolute atomic E-state index is 12.0. The van der Waals surface area contributed by atoms with E-state index in [1.807, 2.05) is 0 Å². The Hall–Kier alpha value is -2.51. The van der Waals surface area contributed by atoms with E-state index >= 15 is 0 Å². The molecule has 124 valence electrons. The van der Waals surface area contributed by atoms with Crippen LogP contribution in [0.1, 0.15) is 11.1 Å². The standard InChI is InChI=1S/C16H14ClN3O3S/c1-10-2-7-13(14(8-10)20(22)23)18-16(24)19-15(21)9-11-3-5-12(17)6-4-11/h2-8H,9H2,1H3,(H2,18,19,21,24). The van der Waals surface area contributed by atoms with Crippen molar-refractivity contribution in [3.63, 3.8) is 0 Å². The number of carbonyl (C=O) groups is 1. The van der Waals surface area contributed by atoms with E-state index in [1.165, 1.54) is 6.07 Å². The number of amides is 1. The van der Waals surface area contributed by atoms with Gasteiger partial charge in [0.05, 0.1) is 11.3 Å². The summed E-state index contributed by atoms with van der Waals surface area (Å²) in [6.45, 7) is 1.75. The average molecular weight is 364 g/mol. The molecular formula is C16H14ClN3O3S. The first-order valence-corrected chi connectivity index (χ1v) is 7.74. The largest absolute Gasteiger partial charge is 0.327 e. The number of aryl methyl sites for hydroxylation is 1. The third kappa shape index (κ3) is 5.00. The van der Waals surface area contributed by atoms with E-state index in [0.29, 0.717) is 5.02 Å². The van der Waals surface area contributed by atoms with Crippen LogP contribution in [-0.4, -0.2) is 15.9 Å². The van der Waals surface area contributed by atoms with Crippen LogP contribution in [-0.2, 0) is 11.2 Å². The molecule has 0 fully saturated rings. The Morgan fingerprint density at radius 3 is 2.54 bits per heavy atom.